The summed E-state index contributed by atoms with van der Waals surface area (Å²) in [6.07, 6.45) is 6.92. The van der Waals surface area contributed by atoms with Gasteiger partial charge in [-0.05, 0) is 61.9 Å². The highest BCUT2D eigenvalue weighted by molar-refractivity contribution is 6.31. The Hall–Kier alpha value is -1.12. The quantitative estimate of drug-likeness (QED) is 0.861. The molecule has 1 aromatic carbocycles. The summed E-state index contributed by atoms with van der Waals surface area (Å²) in [6, 6.07) is 8.77. The second-order valence-corrected chi connectivity index (χ2v) is 6.17. The zero-order valence-corrected chi connectivity index (χ0v) is 12.7. The summed E-state index contributed by atoms with van der Waals surface area (Å²) in [5, 5.41) is 5.70. The fourth-order valence-electron chi connectivity index (χ4n) is 2.83. The van der Waals surface area contributed by atoms with Crippen molar-refractivity contribution in [1.82, 2.24) is 10.3 Å². The molecule has 0 spiro atoms. The van der Waals surface area contributed by atoms with E-state index < -0.39 is 0 Å². The van der Waals surface area contributed by atoms with Crippen LogP contribution in [0, 0.1) is 5.92 Å². The van der Waals surface area contributed by atoms with Crippen LogP contribution in [-0.2, 0) is 6.42 Å². The third-order valence-corrected chi connectivity index (χ3v) is 4.32. The first-order chi connectivity index (χ1) is 9.78. The van der Waals surface area contributed by atoms with Gasteiger partial charge in [-0.15, -0.1) is 0 Å². The molecule has 1 saturated carbocycles. The molecule has 1 aliphatic rings. The molecule has 1 aliphatic carbocycles. The van der Waals surface area contributed by atoms with E-state index >= 15 is 0 Å². The molecule has 0 aliphatic heterocycles. The van der Waals surface area contributed by atoms with Gasteiger partial charge in [-0.3, -0.25) is 4.98 Å². The van der Waals surface area contributed by atoms with Gasteiger partial charge >= 0.3 is 0 Å². The van der Waals surface area contributed by atoms with E-state index in [0.29, 0.717) is 6.04 Å². The van der Waals surface area contributed by atoms with Crippen LogP contribution >= 0.6 is 11.6 Å². The third kappa shape index (κ3) is 3.13. The maximum absolute atomic E-state index is 6.05. The lowest BCUT2D eigenvalue weighted by Crippen LogP contribution is -2.33. The Morgan fingerprint density at radius 1 is 1.35 bits per heavy atom. The number of aromatic nitrogens is 1. The lowest BCUT2D eigenvalue weighted by atomic mass is 9.99. The SMILES string of the molecule is CCCNC(Cc1ccnc2cc(Cl)ccc12)C1CC1. The van der Waals surface area contributed by atoms with Gasteiger partial charge in [0.1, 0.15) is 0 Å². The maximum Gasteiger partial charge on any atom is 0.0719 e. The van der Waals surface area contributed by atoms with E-state index in [2.05, 4.69) is 29.4 Å². The standard InChI is InChI=1S/C17H21ClN2/c1-2-8-19-16(12-3-4-12)10-13-7-9-20-17-11-14(18)5-6-15(13)17/h5-7,9,11-12,16,19H,2-4,8,10H2,1H3. The number of pyridine rings is 1. The molecule has 1 N–H and O–H groups in total. The highest BCUT2D eigenvalue weighted by atomic mass is 35.5. The zero-order valence-electron chi connectivity index (χ0n) is 11.9. The predicted octanol–water partition coefficient (Wildman–Crippen LogP) is 4.21. The molecule has 1 unspecified atom stereocenters. The summed E-state index contributed by atoms with van der Waals surface area (Å²) >= 11 is 6.05. The minimum absolute atomic E-state index is 0.608. The number of hydrogen-bond donors (Lipinski definition) is 1. The van der Waals surface area contributed by atoms with E-state index in [-0.39, 0.29) is 0 Å². The number of halogens is 1. The Bertz CT molecular complexity index is 593. The summed E-state index contributed by atoms with van der Waals surface area (Å²) < 4.78 is 0. The summed E-state index contributed by atoms with van der Waals surface area (Å²) in [6.45, 7) is 3.33. The number of nitrogens with zero attached hydrogens (tertiary/aromatic N) is 1. The highest BCUT2D eigenvalue weighted by Crippen LogP contribution is 2.35. The third-order valence-electron chi connectivity index (χ3n) is 4.08. The topological polar surface area (TPSA) is 24.9 Å². The van der Waals surface area contributed by atoms with Gasteiger partial charge < -0.3 is 5.32 Å². The van der Waals surface area contributed by atoms with Crippen molar-refractivity contribution in [2.75, 3.05) is 6.54 Å². The molecule has 20 heavy (non-hydrogen) atoms. The van der Waals surface area contributed by atoms with Crippen molar-refractivity contribution >= 4 is 22.5 Å². The van der Waals surface area contributed by atoms with Crippen LogP contribution in [0.25, 0.3) is 10.9 Å². The second-order valence-electron chi connectivity index (χ2n) is 5.73. The Morgan fingerprint density at radius 3 is 2.95 bits per heavy atom. The molecule has 1 fully saturated rings. The molecule has 0 radical (unpaired) electrons. The molecule has 1 aromatic heterocycles. The summed E-state index contributed by atoms with van der Waals surface area (Å²) in [4.78, 5) is 4.43. The molecule has 0 bridgehead atoms. The Morgan fingerprint density at radius 2 is 2.20 bits per heavy atom. The molecule has 3 heteroatoms. The minimum Gasteiger partial charge on any atom is -0.313 e. The van der Waals surface area contributed by atoms with Crippen molar-refractivity contribution in [1.29, 1.82) is 0 Å². The molecule has 3 rings (SSSR count). The van der Waals surface area contributed by atoms with Crippen LogP contribution in [0.5, 0.6) is 0 Å². The molecular weight excluding hydrogens is 268 g/mol. The van der Waals surface area contributed by atoms with Crippen molar-refractivity contribution < 1.29 is 0 Å². The van der Waals surface area contributed by atoms with Crippen LogP contribution in [0.15, 0.2) is 30.5 Å². The number of nitrogens with one attached hydrogen (secondary N) is 1. The predicted molar refractivity (Wildman–Crippen MR) is 85.3 cm³/mol. The van der Waals surface area contributed by atoms with Gasteiger partial charge in [-0.25, -0.2) is 0 Å². The highest BCUT2D eigenvalue weighted by Gasteiger charge is 2.30. The number of benzene rings is 1. The van der Waals surface area contributed by atoms with Crippen LogP contribution in [0.3, 0.4) is 0 Å². The van der Waals surface area contributed by atoms with Crippen LogP contribution in [0.4, 0.5) is 0 Å². The molecule has 106 valence electrons. The zero-order chi connectivity index (χ0) is 13.9. The second kappa shape index (κ2) is 6.11. The first-order valence-electron chi connectivity index (χ1n) is 7.54. The molecule has 1 atom stereocenters. The molecule has 1 heterocycles. The maximum atomic E-state index is 6.05. The lowest BCUT2D eigenvalue weighted by molar-refractivity contribution is 0.461. The van der Waals surface area contributed by atoms with Crippen LogP contribution in [0.2, 0.25) is 5.02 Å². The van der Waals surface area contributed by atoms with Gasteiger partial charge in [-0.2, -0.15) is 0 Å². The molecule has 2 aromatic rings. The van der Waals surface area contributed by atoms with Crippen LogP contribution in [0.1, 0.15) is 31.7 Å². The molecule has 0 saturated heterocycles. The van der Waals surface area contributed by atoms with E-state index in [0.717, 1.165) is 29.4 Å². The molecular formula is C17H21ClN2. The van der Waals surface area contributed by atoms with E-state index in [1.54, 1.807) is 0 Å². The van der Waals surface area contributed by atoms with Crippen molar-refractivity contribution in [2.45, 2.75) is 38.6 Å². The first kappa shape index (κ1) is 13.8. The fraction of sp³-hybridized carbons (Fsp3) is 0.471. The Balaban J connectivity index is 1.85. The first-order valence-corrected chi connectivity index (χ1v) is 7.92. The molecule has 2 nitrogen and oxygen atoms in total. The fourth-order valence-corrected chi connectivity index (χ4v) is 3.00. The van der Waals surface area contributed by atoms with Crippen LogP contribution in [-0.4, -0.2) is 17.6 Å². The smallest absolute Gasteiger partial charge is 0.0719 e. The van der Waals surface area contributed by atoms with Crippen LogP contribution < -0.4 is 5.32 Å². The number of hydrogen-bond acceptors (Lipinski definition) is 2. The van der Waals surface area contributed by atoms with Crippen molar-refractivity contribution in [3.63, 3.8) is 0 Å². The monoisotopic (exact) mass is 288 g/mol. The van der Waals surface area contributed by atoms with E-state index in [1.807, 2.05) is 18.3 Å². The van der Waals surface area contributed by atoms with E-state index in [4.69, 9.17) is 11.6 Å². The van der Waals surface area contributed by atoms with Crippen molar-refractivity contribution in [3.8, 4) is 0 Å². The Labute approximate surface area is 125 Å². The summed E-state index contributed by atoms with van der Waals surface area (Å²) in [5.41, 5.74) is 2.38. The number of fused-ring (bicyclic) bond motifs is 1. The van der Waals surface area contributed by atoms with Gasteiger partial charge in [0.2, 0.25) is 0 Å². The largest absolute Gasteiger partial charge is 0.313 e. The van der Waals surface area contributed by atoms with E-state index in [9.17, 15) is 0 Å². The minimum atomic E-state index is 0.608. The summed E-state index contributed by atoms with van der Waals surface area (Å²) in [7, 11) is 0. The van der Waals surface area contributed by atoms with Crippen molar-refractivity contribution in [2.24, 2.45) is 5.92 Å². The Kier molecular flexibility index (Phi) is 4.23. The average Bonchev–Trinajstić information content (AvgIpc) is 3.27. The van der Waals surface area contributed by atoms with Gasteiger partial charge in [0.05, 0.1) is 5.52 Å². The lowest BCUT2D eigenvalue weighted by Gasteiger charge is -2.19. The summed E-state index contributed by atoms with van der Waals surface area (Å²) in [5.74, 6) is 0.858. The average molecular weight is 289 g/mol. The molecule has 0 amide bonds. The van der Waals surface area contributed by atoms with Crippen molar-refractivity contribution in [3.05, 3.63) is 41.0 Å². The van der Waals surface area contributed by atoms with Gasteiger partial charge in [-0.1, -0.05) is 24.6 Å². The normalized spacial score (nSPS) is 16.5. The van der Waals surface area contributed by atoms with Gasteiger partial charge in [0.15, 0.2) is 0 Å². The van der Waals surface area contributed by atoms with E-state index in [1.165, 1.54) is 30.2 Å². The van der Waals surface area contributed by atoms with Gasteiger partial charge in [0.25, 0.3) is 0 Å². The number of rotatable bonds is 6. The van der Waals surface area contributed by atoms with Gasteiger partial charge in [0, 0.05) is 22.6 Å².